The van der Waals surface area contributed by atoms with E-state index >= 15 is 0 Å². The number of hydrogen-bond donors (Lipinski definition) is 4. The maximum Gasteiger partial charge on any atom is 0.243 e. The first-order valence-corrected chi connectivity index (χ1v) is 27.2. The molecule has 396 valence electrons. The number of pyridine rings is 1. The van der Waals surface area contributed by atoms with Crippen LogP contribution in [-0.4, -0.2) is 135 Å². The highest BCUT2D eigenvalue weighted by Gasteiger charge is 2.46. The van der Waals surface area contributed by atoms with Gasteiger partial charge in [-0.2, -0.15) is 5.26 Å². The van der Waals surface area contributed by atoms with Gasteiger partial charge in [0.05, 0.1) is 35.2 Å². The molecule has 18 heteroatoms. The summed E-state index contributed by atoms with van der Waals surface area (Å²) in [5.74, 6) is 2.51. The molecule has 12 rings (SSSR count). The molecule has 9 heterocycles. The van der Waals surface area contributed by atoms with E-state index in [0.29, 0.717) is 65.5 Å². The molecule has 5 atom stereocenters. The number of nitrogen functional groups attached to an aromatic ring is 1. The van der Waals surface area contributed by atoms with Crippen LogP contribution in [0.4, 0.5) is 23.0 Å². The number of phenolic OH excluding ortho intramolecular Hbond substituents is 1. The number of fused-ring (bicyclic) bond motifs is 2. The number of piperidine rings is 3. The van der Waals surface area contributed by atoms with E-state index in [9.17, 15) is 19.8 Å². The Morgan fingerprint density at radius 3 is 2.32 bits per heavy atom. The molecule has 5 unspecified atom stereocenters. The SMILES string of the molecule is CC(NC(=O)C1CCCN1C(=O)C(c1cc(N2CCC(CN3CCC(O)CC3)CC2)no1)C(C)C)c1ccc(C#N)cc1.Nc1nnc(-c2ccccc2O)cc1N1CC2CC(C1)N2c1ccnc(OC2CCC2)c1. The fourth-order valence-corrected chi connectivity index (χ4v) is 11.8. The van der Waals surface area contributed by atoms with Gasteiger partial charge >= 0.3 is 0 Å². The average molecular weight is 1020 g/mol. The van der Waals surface area contributed by atoms with E-state index in [1.165, 1.54) is 12.1 Å². The number of amides is 2. The largest absolute Gasteiger partial charge is 0.507 e. The minimum absolute atomic E-state index is 0.0241. The summed E-state index contributed by atoms with van der Waals surface area (Å²) < 4.78 is 11.8. The third-order valence-electron chi connectivity index (χ3n) is 16.4. The summed E-state index contributed by atoms with van der Waals surface area (Å²) in [6.45, 7) is 13.0. The van der Waals surface area contributed by atoms with Crippen LogP contribution in [-0.2, 0) is 9.59 Å². The number of phenols is 1. The zero-order valence-corrected chi connectivity index (χ0v) is 43.5. The van der Waals surface area contributed by atoms with Crippen molar-refractivity contribution in [2.45, 2.75) is 127 Å². The van der Waals surface area contributed by atoms with E-state index in [1.54, 1.807) is 29.2 Å². The number of anilines is 4. The van der Waals surface area contributed by atoms with Crippen LogP contribution in [0.3, 0.4) is 0 Å². The van der Waals surface area contributed by atoms with Crippen LogP contribution in [0.5, 0.6) is 11.6 Å². The first-order chi connectivity index (χ1) is 36.4. The third-order valence-corrected chi connectivity index (χ3v) is 16.4. The van der Waals surface area contributed by atoms with Gasteiger partial charge in [0.2, 0.25) is 17.7 Å². The molecular formula is C57H72N12O6. The lowest BCUT2D eigenvalue weighted by atomic mass is 9.86. The Morgan fingerprint density at radius 2 is 1.63 bits per heavy atom. The van der Waals surface area contributed by atoms with Crippen LogP contribution < -0.4 is 30.5 Å². The van der Waals surface area contributed by atoms with Gasteiger partial charge in [0.15, 0.2) is 17.4 Å². The Bertz CT molecular complexity index is 2790. The summed E-state index contributed by atoms with van der Waals surface area (Å²) in [4.78, 5) is 42.9. The number of carbonyl (C=O) groups is 2. The van der Waals surface area contributed by atoms with Crippen LogP contribution in [0.2, 0.25) is 0 Å². The Labute approximate surface area is 439 Å². The van der Waals surface area contributed by atoms with Gasteiger partial charge in [-0.05, 0) is 125 Å². The van der Waals surface area contributed by atoms with Crippen LogP contribution in [0.25, 0.3) is 11.3 Å². The van der Waals surface area contributed by atoms with Gasteiger partial charge in [0.25, 0.3) is 0 Å². The average Bonchev–Trinajstić information content (AvgIpc) is 4.11. The van der Waals surface area contributed by atoms with Crippen molar-refractivity contribution < 1.29 is 29.1 Å². The number of aromatic nitrogens is 4. The highest BCUT2D eigenvalue weighted by atomic mass is 16.5. The molecule has 0 spiro atoms. The molecular weight excluding hydrogens is 949 g/mol. The Balaban J connectivity index is 0.000000178. The van der Waals surface area contributed by atoms with Crippen molar-refractivity contribution in [3.63, 3.8) is 0 Å². The lowest BCUT2D eigenvalue weighted by Gasteiger charge is -2.58. The molecule has 6 aliphatic heterocycles. The quantitative estimate of drug-likeness (QED) is 0.0874. The highest BCUT2D eigenvalue weighted by molar-refractivity contribution is 5.91. The van der Waals surface area contributed by atoms with E-state index in [1.807, 2.05) is 63.4 Å². The van der Waals surface area contributed by atoms with Gasteiger partial charge in [0, 0.05) is 94.0 Å². The number of aliphatic hydroxyl groups excluding tert-OH is 1. The zero-order chi connectivity index (χ0) is 52.2. The number of benzene rings is 2. The minimum Gasteiger partial charge on any atom is -0.507 e. The second kappa shape index (κ2) is 22.9. The fourth-order valence-electron chi connectivity index (χ4n) is 11.8. The number of nitrogens with zero attached hydrogens (tertiary/aromatic N) is 10. The summed E-state index contributed by atoms with van der Waals surface area (Å²) in [6, 6.07) is 24.5. The van der Waals surface area contributed by atoms with Crippen molar-refractivity contribution in [3.8, 4) is 29.0 Å². The first kappa shape index (κ1) is 51.5. The standard InChI is InChI=1S/C33H46N6O4.C24H26N6O2/c1-22(2)31(29-19-30(36-43-29)38-17-10-25(11-18-38)21-37-15-12-27(40)13-16-37)33(42)39-14-4-5-28(39)32(41)35-23(3)26-8-6-24(20-34)7-9-26;25-24-21(12-20(27-28-24)19-6-1-2-7-22(19)31)29-13-16-10-17(14-29)30(16)15-8-9-26-23(11-15)32-18-4-3-5-18/h6-9,19,22-23,25,27-28,31,40H,4-5,10-18,21H2,1-3H3,(H,35,41);1-2,6-9,11-12,16-18,31H,3-5,10,13-14H2,(H2,25,28). The Kier molecular flexibility index (Phi) is 15.7. The number of carbonyl (C=O) groups excluding carboxylic acids is 2. The van der Waals surface area contributed by atoms with Crippen LogP contribution in [0, 0.1) is 23.2 Å². The van der Waals surface area contributed by atoms with Crippen LogP contribution in [0.1, 0.15) is 114 Å². The number of piperazine rings is 1. The lowest BCUT2D eigenvalue weighted by Crippen LogP contribution is -2.69. The molecule has 1 saturated carbocycles. The molecule has 18 nitrogen and oxygen atoms in total. The molecule has 5 N–H and O–H groups in total. The fraction of sp³-hybridized carbons (Fsp3) is 0.526. The molecule has 2 bridgehead atoms. The van der Waals surface area contributed by atoms with Crippen molar-refractivity contribution in [3.05, 3.63) is 95.9 Å². The number of hydrogen-bond acceptors (Lipinski definition) is 16. The lowest BCUT2D eigenvalue weighted by molar-refractivity contribution is -0.141. The topological polar surface area (TPSA) is 227 Å². The van der Waals surface area contributed by atoms with Gasteiger partial charge in [-0.25, -0.2) is 4.98 Å². The summed E-state index contributed by atoms with van der Waals surface area (Å²) in [6.07, 6.45) is 12.0. The van der Waals surface area contributed by atoms with Gasteiger partial charge in [-0.3, -0.25) is 9.59 Å². The number of likely N-dealkylation sites (tertiary alicyclic amines) is 2. The van der Waals surface area contributed by atoms with Gasteiger partial charge in [0.1, 0.15) is 23.8 Å². The second-order valence-corrected chi connectivity index (χ2v) is 21.8. The molecule has 7 aliphatic rings. The van der Waals surface area contributed by atoms with Crippen molar-refractivity contribution in [2.24, 2.45) is 11.8 Å². The minimum atomic E-state index is -0.529. The number of aliphatic hydroxyl groups is 1. The molecule has 3 aromatic heterocycles. The van der Waals surface area contributed by atoms with Gasteiger partial charge < -0.3 is 55.0 Å². The van der Waals surface area contributed by atoms with Crippen molar-refractivity contribution in [2.75, 3.05) is 72.8 Å². The molecule has 75 heavy (non-hydrogen) atoms. The number of nitriles is 1. The summed E-state index contributed by atoms with van der Waals surface area (Å²) in [5.41, 5.74) is 11.0. The third kappa shape index (κ3) is 11.6. The van der Waals surface area contributed by atoms with Crippen LogP contribution in [0.15, 0.2) is 83.5 Å². The van der Waals surface area contributed by atoms with E-state index in [2.05, 4.69) is 63.5 Å². The monoisotopic (exact) mass is 1020 g/mol. The van der Waals surface area contributed by atoms with E-state index in [-0.39, 0.29) is 35.6 Å². The zero-order valence-electron chi connectivity index (χ0n) is 43.5. The van der Waals surface area contributed by atoms with Crippen molar-refractivity contribution >= 4 is 34.8 Å². The van der Waals surface area contributed by atoms with E-state index < -0.39 is 12.0 Å². The van der Waals surface area contributed by atoms with E-state index in [0.717, 1.165) is 120 Å². The number of nitrogens with two attached hydrogens (primary N) is 1. The van der Waals surface area contributed by atoms with Crippen molar-refractivity contribution in [1.29, 1.82) is 5.26 Å². The van der Waals surface area contributed by atoms with Crippen LogP contribution >= 0.6 is 0 Å². The van der Waals surface area contributed by atoms with Crippen molar-refractivity contribution in [1.82, 2.24) is 35.5 Å². The summed E-state index contributed by atoms with van der Waals surface area (Å²) in [7, 11) is 0. The maximum absolute atomic E-state index is 14.0. The molecule has 6 saturated heterocycles. The highest BCUT2D eigenvalue weighted by Crippen LogP contribution is 2.42. The predicted molar refractivity (Wildman–Crippen MR) is 286 cm³/mol. The second-order valence-electron chi connectivity index (χ2n) is 21.8. The Morgan fingerprint density at radius 1 is 0.880 bits per heavy atom. The van der Waals surface area contributed by atoms with Gasteiger partial charge in [-0.1, -0.05) is 43.3 Å². The summed E-state index contributed by atoms with van der Waals surface area (Å²) >= 11 is 0. The smallest absolute Gasteiger partial charge is 0.243 e. The summed E-state index contributed by atoms with van der Waals surface area (Å²) in [5, 5.41) is 44.9. The van der Waals surface area contributed by atoms with E-state index in [4.69, 9.17) is 20.3 Å². The molecule has 2 aromatic carbocycles. The number of nitrogens with one attached hydrogen (secondary N) is 1. The number of para-hydroxylation sites is 1. The Hall–Kier alpha value is -6.97. The van der Waals surface area contributed by atoms with Gasteiger partial charge in [-0.15, -0.1) is 10.2 Å². The normalized spacial score (nSPS) is 22.1. The predicted octanol–water partition coefficient (Wildman–Crippen LogP) is 7.05. The number of aromatic hydroxyl groups is 1. The molecule has 2 amide bonds. The first-order valence-electron chi connectivity index (χ1n) is 27.2. The molecule has 0 radical (unpaired) electrons. The molecule has 7 fully saturated rings. The molecule has 5 aromatic rings. The number of rotatable bonds is 14. The maximum atomic E-state index is 14.0. The number of ether oxygens (including phenoxy) is 1. The molecule has 1 aliphatic carbocycles.